The summed E-state index contributed by atoms with van der Waals surface area (Å²) in [6.45, 7) is 8.99. The van der Waals surface area contributed by atoms with Gasteiger partial charge in [-0.3, -0.25) is 9.59 Å². The number of Topliss-reactive ketones (excluding diaryl/α,β-unsaturated/α-hetero) is 2. The van der Waals surface area contributed by atoms with Gasteiger partial charge >= 0.3 is 0 Å². The molecule has 1 atom stereocenters. The van der Waals surface area contributed by atoms with E-state index in [2.05, 4.69) is 105 Å². The van der Waals surface area contributed by atoms with Crippen molar-refractivity contribution >= 4 is 45.5 Å². The van der Waals surface area contributed by atoms with E-state index in [4.69, 9.17) is 0 Å². The van der Waals surface area contributed by atoms with Gasteiger partial charge in [0.15, 0.2) is 11.6 Å². The Morgan fingerprint density at radius 3 is 2.05 bits per heavy atom. The Balaban J connectivity index is 1.35. The fraction of sp³-hybridized carbons (Fsp3) is 0.158. The van der Waals surface area contributed by atoms with Crippen molar-refractivity contribution in [3.05, 3.63) is 142 Å². The van der Waals surface area contributed by atoms with Crippen molar-refractivity contribution in [2.45, 2.75) is 39.0 Å². The summed E-state index contributed by atoms with van der Waals surface area (Å²) in [5, 5.41) is 2.26. The first-order chi connectivity index (χ1) is 19.7. The second-order valence-corrected chi connectivity index (χ2v) is 12.2. The third kappa shape index (κ3) is 3.95. The molecule has 1 aliphatic carbocycles. The number of anilines is 3. The summed E-state index contributed by atoms with van der Waals surface area (Å²) in [6.07, 6.45) is 1.74. The standard InChI is InChI=1S/C38H31NO2/c1-23-28-9-7-8-12-33(28)39(27-17-15-26(16-18-27)38(2,3)4)34-20-14-25-21-24(13-19-29(25)35(23)34)22-32-36(40)30-10-5-6-11-31(30)37(32)41/h5-23H,1-4H3. The molecule has 41 heavy (non-hydrogen) atoms. The van der Waals surface area contributed by atoms with E-state index in [-0.39, 0.29) is 28.5 Å². The lowest BCUT2D eigenvalue weighted by Crippen LogP contribution is -2.21. The highest BCUT2D eigenvalue weighted by Gasteiger charge is 2.33. The molecule has 3 nitrogen and oxygen atoms in total. The van der Waals surface area contributed by atoms with Gasteiger partial charge in [0.25, 0.3) is 0 Å². The number of allylic oxidation sites excluding steroid dienone is 1. The molecule has 0 spiro atoms. The van der Waals surface area contributed by atoms with Crippen LogP contribution in [0.4, 0.5) is 17.1 Å². The van der Waals surface area contributed by atoms with Gasteiger partial charge in [0.2, 0.25) is 0 Å². The molecule has 0 N–H and O–H groups in total. The zero-order valence-electron chi connectivity index (χ0n) is 23.7. The Hall–Kier alpha value is -4.76. The number of carbonyl (C=O) groups is 2. The Morgan fingerprint density at radius 1 is 0.707 bits per heavy atom. The zero-order chi connectivity index (χ0) is 28.5. The minimum atomic E-state index is -0.200. The van der Waals surface area contributed by atoms with Gasteiger partial charge in [-0.25, -0.2) is 0 Å². The Bertz CT molecular complexity index is 1880. The van der Waals surface area contributed by atoms with E-state index in [0.717, 1.165) is 16.6 Å². The molecule has 0 saturated heterocycles. The van der Waals surface area contributed by atoms with Gasteiger partial charge in [-0.15, -0.1) is 0 Å². The Labute approximate surface area is 240 Å². The van der Waals surface area contributed by atoms with Crippen LogP contribution >= 0.6 is 0 Å². The van der Waals surface area contributed by atoms with Crippen LogP contribution in [0.3, 0.4) is 0 Å². The predicted molar refractivity (Wildman–Crippen MR) is 168 cm³/mol. The number of benzene rings is 5. The smallest absolute Gasteiger partial charge is 0.197 e. The van der Waals surface area contributed by atoms with E-state index in [0.29, 0.717) is 11.1 Å². The van der Waals surface area contributed by atoms with Crippen LogP contribution in [0.2, 0.25) is 0 Å². The minimum absolute atomic E-state index is 0.0878. The van der Waals surface area contributed by atoms with Gasteiger partial charge in [0, 0.05) is 28.4 Å². The molecule has 5 aromatic carbocycles. The maximum atomic E-state index is 13.0. The normalized spacial score (nSPS) is 16.0. The molecule has 5 aromatic rings. The summed E-state index contributed by atoms with van der Waals surface area (Å²) in [5.74, 6) is -0.198. The van der Waals surface area contributed by atoms with Crippen molar-refractivity contribution in [3.63, 3.8) is 0 Å². The number of ketones is 2. The fourth-order valence-corrected chi connectivity index (χ4v) is 6.40. The molecule has 7 rings (SSSR count). The first kappa shape index (κ1) is 25.2. The molecule has 200 valence electrons. The van der Waals surface area contributed by atoms with Gasteiger partial charge in [-0.1, -0.05) is 100 Å². The third-order valence-electron chi connectivity index (χ3n) is 8.59. The van der Waals surface area contributed by atoms with E-state index in [1.165, 1.54) is 33.5 Å². The van der Waals surface area contributed by atoms with E-state index >= 15 is 0 Å². The number of para-hydroxylation sites is 1. The molecule has 0 aromatic heterocycles. The van der Waals surface area contributed by atoms with Crippen LogP contribution in [-0.2, 0) is 5.41 Å². The highest BCUT2D eigenvalue weighted by molar-refractivity contribution is 6.41. The minimum Gasteiger partial charge on any atom is -0.310 e. The van der Waals surface area contributed by atoms with Crippen LogP contribution in [0.1, 0.15) is 76.6 Å². The van der Waals surface area contributed by atoms with E-state index < -0.39 is 0 Å². The number of nitrogens with zero attached hydrogens (tertiary/aromatic N) is 1. The molecule has 3 heteroatoms. The van der Waals surface area contributed by atoms with Gasteiger partial charge in [0.05, 0.1) is 11.3 Å². The molecular formula is C38H31NO2. The number of carbonyl (C=O) groups excluding carboxylic acids is 2. The Morgan fingerprint density at radius 2 is 1.37 bits per heavy atom. The number of fused-ring (bicyclic) bond motifs is 5. The maximum absolute atomic E-state index is 13.0. The SMILES string of the molecule is CC1c2ccccc2N(c2ccc(C(C)(C)C)cc2)c2ccc3cc(C=C4C(=O)c5ccccc5C4=O)ccc3c21. The first-order valence-electron chi connectivity index (χ1n) is 14.2. The summed E-state index contributed by atoms with van der Waals surface area (Å²) < 4.78 is 0. The van der Waals surface area contributed by atoms with Crippen LogP contribution in [0.25, 0.3) is 16.8 Å². The number of rotatable bonds is 2. The summed E-state index contributed by atoms with van der Waals surface area (Å²) in [4.78, 5) is 28.3. The molecular weight excluding hydrogens is 502 g/mol. The molecule has 1 heterocycles. The van der Waals surface area contributed by atoms with Gasteiger partial charge in [0.1, 0.15) is 0 Å². The van der Waals surface area contributed by atoms with Crippen molar-refractivity contribution < 1.29 is 9.59 Å². The van der Waals surface area contributed by atoms with Crippen LogP contribution in [-0.4, -0.2) is 11.6 Å². The quantitative estimate of drug-likeness (QED) is 0.167. The molecule has 0 amide bonds. The van der Waals surface area contributed by atoms with Crippen molar-refractivity contribution in [2.75, 3.05) is 4.90 Å². The van der Waals surface area contributed by atoms with Crippen LogP contribution in [0, 0.1) is 0 Å². The Kier molecular flexibility index (Phi) is 5.62. The maximum Gasteiger partial charge on any atom is 0.197 e. The van der Waals surface area contributed by atoms with Crippen molar-refractivity contribution in [1.29, 1.82) is 0 Å². The monoisotopic (exact) mass is 533 g/mol. The van der Waals surface area contributed by atoms with Gasteiger partial charge < -0.3 is 4.90 Å². The van der Waals surface area contributed by atoms with Crippen molar-refractivity contribution in [2.24, 2.45) is 0 Å². The summed E-state index contributed by atoms with van der Waals surface area (Å²) in [5.41, 5.74) is 9.54. The van der Waals surface area contributed by atoms with Crippen LogP contribution in [0.5, 0.6) is 0 Å². The molecule has 0 bridgehead atoms. The molecule has 0 fully saturated rings. The average Bonchev–Trinajstić information content (AvgIpc) is 3.21. The lowest BCUT2D eigenvalue weighted by molar-refractivity contribution is 0.0990. The van der Waals surface area contributed by atoms with Crippen LogP contribution < -0.4 is 4.90 Å². The van der Waals surface area contributed by atoms with Gasteiger partial charge in [-0.05, 0) is 74.8 Å². The second-order valence-electron chi connectivity index (χ2n) is 12.2. The fourth-order valence-electron chi connectivity index (χ4n) is 6.40. The summed E-state index contributed by atoms with van der Waals surface area (Å²) in [6, 6.07) is 35.3. The predicted octanol–water partition coefficient (Wildman–Crippen LogP) is 9.53. The van der Waals surface area contributed by atoms with Gasteiger partial charge in [-0.2, -0.15) is 0 Å². The van der Waals surface area contributed by atoms with E-state index in [1.807, 2.05) is 6.07 Å². The topological polar surface area (TPSA) is 37.4 Å². The highest BCUT2D eigenvalue weighted by atomic mass is 16.2. The zero-order valence-corrected chi connectivity index (χ0v) is 23.7. The lowest BCUT2D eigenvalue weighted by Gasteiger charge is -2.37. The van der Waals surface area contributed by atoms with Crippen molar-refractivity contribution in [1.82, 2.24) is 0 Å². The van der Waals surface area contributed by atoms with Crippen molar-refractivity contribution in [3.8, 4) is 0 Å². The second kappa shape index (κ2) is 9.14. The number of hydrogen-bond acceptors (Lipinski definition) is 3. The average molecular weight is 534 g/mol. The largest absolute Gasteiger partial charge is 0.310 e. The molecule has 1 aliphatic heterocycles. The molecule has 0 saturated carbocycles. The third-order valence-corrected chi connectivity index (χ3v) is 8.59. The summed E-state index contributed by atoms with van der Waals surface area (Å²) in [7, 11) is 0. The first-order valence-corrected chi connectivity index (χ1v) is 14.2. The van der Waals surface area contributed by atoms with Crippen LogP contribution in [0.15, 0.2) is 109 Å². The van der Waals surface area contributed by atoms with E-state index in [9.17, 15) is 9.59 Å². The molecule has 0 radical (unpaired) electrons. The summed E-state index contributed by atoms with van der Waals surface area (Å²) >= 11 is 0. The lowest BCUT2D eigenvalue weighted by atomic mass is 9.82. The molecule has 1 unspecified atom stereocenters. The molecule has 2 aliphatic rings. The highest BCUT2D eigenvalue weighted by Crippen LogP contribution is 2.51. The number of hydrogen-bond donors (Lipinski definition) is 0. The van der Waals surface area contributed by atoms with E-state index in [1.54, 1.807) is 30.3 Å².